The number of nitrogens with zero attached hydrogens (tertiary/aromatic N) is 3. The quantitative estimate of drug-likeness (QED) is 0.735. The molecular formula is C19H17N3O2. The molecule has 0 fully saturated rings. The molecule has 0 saturated carbocycles. The first kappa shape index (κ1) is 17.1. The van der Waals surface area contributed by atoms with E-state index in [2.05, 4.69) is 0 Å². The average Bonchev–Trinajstić information content (AvgIpc) is 2.61. The Kier molecular flexibility index (Phi) is 6.37. The van der Waals surface area contributed by atoms with Crippen molar-refractivity contribution >= 4 is 5.91 Å². The molecule has 24 heavy (non-hydrogen) atoms. The average molecular weight is 319 g/mol. The number of hydrogen-bond donors (Lipinski definition) is 0. The molecule has 0 aliphatic carbocycles. The number of benzene rings is 2. The minimum absolute atomic E-state index is 0.124. The molecule has 0 saturated heterocycles. The van der Waals surface area contributed by atoms with Crippen LogP contribution >= 0.6 is 0 Å². The van der Waals surface area contributed by atoms with E-state index in [9.17, 15) is 4.79 Å². The molecule has 0 aromatic heterocycles. The smallest absolute Gasteiger partial charge is 0.262 e. The highest BCUT2D eigenvalue weighted by Crippen LogP contribution is 2.21. The van der Waals surface area contributed by atoms with Crippen molar-refractivity contribution in [1.29, 1.82) is 10.5 Å². The van der Waals surface area contributed by atoms with Gasteiger partial charge in [0.25, 0.3) is 5.91 Å². The van der Waals surface area contributed by atoms with E-state index in [4.69, 9.17) is 15.3 Å². The summed E-state index contributed by atoms with van der Waals surface area (Å²) in [4.78, 5) is 13.2. The third-order valence-electron chi connectivity index (χ3n) is 3.44. The molecule has 2 aromatic rings. The lowest BCUT2D eigenvalue weighted by atomic mass is 10.0. The van der Waals surface area contributed by atoms with Gasteiger partial charge in [-0.25, -0.2) is 0 Å². The van der Waals surface area contributed by atoms with Crippen LogP contribution in [0.5, 0.6) is 5.75 Å². The Balaban J connectivity index is 2.04. The first-order valence-corrected chi connectivity index (χ1v) is 7.51. The fraction of sp³-hybridized carbons (Fsp3) is 0.211. The second kappa shape index (κ2) is 8.97. The van der Waals surface area contributed by atoms with Crippen LogP contribution in [0.4, 0.5) is 0 Å². The molecule has 2 rings (SSSR count). The largest absolute Gasteiger partial charge is 0.483 e. The number of para-hydroxylation sites is 1. The van der Waals surface area contributed by atoms with Crippen LogP contribution in [-0.2, 0) is 11.2 Å². The lowest BCUT2D eigenvalue weighted by molar-refractivity contribution is -0.132. The van der Waals surface area contributed by atoms with Gasteiger partial charge in [0.2, 0.25) is 0 Å². The summed E-state index contributed by atoms with van der Waals surface area (Å²) in [5, 5.41) is 17.4. The maximum Gasteiger partial charge on any atom is 0.262 e. The van der Waals surface area contributed by atoms with E-state index in [1.54, 1.807) is 0 Å². The zero-order valence-electron chi connectivity index (χ0n) is 13.2. The van der Waals surface area contributed by atoms with Crippen LogP contribution in [0.2, 0.25) is 0 Å². The van der Waals surface area contributed by atoms with Crippen molar-refractivity contribution in [1.82, 2.24) is 4.90 Å². The van der Waals surface area contributed by atoms with Crippen molar-refractivity contribution in [2.24, 2.45) is 0 Å². The van der Waals surface area contributed by atoms with Crippen molar-refractivity contribution in [2.75, 3.05) is 19.7 Å². The first-order chi connectivity index (χ1) is 11.7. The Morgan fingerprint density at radius 1 is 0.958 bits per heavy atom. The number of rotatable bonds is 7. The van der Waals surface area contributed by atoms with Crippen molar-refractivity contribution in [2.45, 2.75) is 6.42 Å². The second-order valence-electron chi connectivity index (χ2n) is 5.12. The van der Waals surface area contributed by atoms with Gasteiger partial charge in [-0.15, -0.1) is 0 Å². The number of carbonyl (C=O) groups excluding carboxylic acids is 1. The Bertz CT molecular complexity index is 744. The summed E-state index contributed by atoms with van der Waals surface area (Å²) in [6.07, 6.45) is 0.700. The van der Waals surface area contributed by atoms with Gasteiger partial charge in [0, 0.05) is 6.42 Å². The lowest BCUT2D eigenvalue weighted by Crippen LogP contribution is -2.35. The molecule has 0 radical (unpaired) electrons. The molecule has 5 nitrogen and oxygen atoms in total. The molecule has 0 unspecified atom stereocenters. The molecule has 2 aromatic carbocycles. The van der Waals surface area contributed by atoms with E-state index in [0.717, 1.165) is 11.1 Å². The van der Waals surface area contributed by atoms with Crippen LogP contribution in [-0.4, -0.2) is 30.5 Å². The van der Waals surface area contributed by atoms with Crippen LogP contribution in [0.25, 0.3) is 0 Å². The highest BCUT2D eigenvalue weighted by atomic mass is 16.5. The summed E-state index contributed by atoms with van der Waals surface area (Å²) in [7, 11) is 0. The van der Waals surface area contributed by atoms with E-state index < -0.39 is 0 Å². The molecular weight excluding hydrogens is 302 g/mol. The van der Waals surface area contributed by atoms with Crippen molar-refractivity contribution in [3.05, 3.63) is 65.7 Å². The zero-order chi connectivity index (χ0) is 17.2. The van der Waals surface area contributed by atoms with E-state index >= 15 is 0 Å². The normalized spacial score (nSPS) is 9.58. The molecule has 0 aliphatic heterocycles. The van der Waals surface area contributed by atoms with Crippen LogP contribution in [0.3, 0.4) is 0 Å². The van der Waals surface area contributed by atoms with Crippen LogP contribution < -0.4 is 4.74 Å². The molecule has 0 atom stereocenters. The number of hydrogen-bond acceptors (Lipinski definition) is 4. The third-order valence-corrected chi connectivity index (χ3v) is 3.44. The van der Waals surface area contributed by atoms with Crippen LogP contribution in [0.15, 0.2) is 54.6 Å². The SMILES string of the molecule is N#CCN(CC#N)C(=O)COc1ccccc1Cc1ccccc1. The highest BCUT2D eigenvalue weighted by Gasteiger charge is 2.14. The fourth-order valence-corrected chi connectivity index (χ4v) is 2.24. The molecule has 5 heteroatoms. The molecule has 0 bridgehead atoms. The summed E-state index contributed by atoms with van der Waals surface area (Å²) in [5.41, 5.74) is 2.12. The Labute approximate surface area is 141 Å². The van der Waals surface area contributed by atoms with Crippen molar-refractivity contribution in [3.63, 3.8) is 0 Å². The summed E-state index contributed by atoms with van der Waals surface area (Å²) >= 11 is 0. The van der Waals surface area contributed by atoms with Gasteiger partial charge in [0.05, 0.1) is 12.1 Å². The second-order valence-corrected chi connectivity index (χ2v) is 5.12. The van der Waals surface area contributed by atoms with E-state index in [1.165, 1.54) is 4.90 Å². The van der Waals surface area contributed by atoms with E-state index in [0.29, 0.717) is 12.2 Å². The van der Waals surface area contributed by atoms with Crippen LogP contribution in [0, 0.1) is 22.7 Å². The topological polar surface area (TPSA) is 77.1 Å². The van der Waals surface area contributed by atoms with E-state index in [-0.39, 0.29) is 25.6 Å². The summed E-state index contributed by atoms with van der Waals surface area (Å²) in [6.45, 7) is -0.446. The molecule has 0 aliphatic rings. The van der Waals surface area contributed by atoms with Gasteiger partial charge in [-0.2, -0.15) is 10.5 Å². The highest BCUT2D eigenvalue weighted by molar-refractivity contribution is 5.78. The zero-order valence-corrected chi connectivity index (χ0v) is 13.2. The van der Waals surface area contributed by atoms with Crippen molar-refractivity contribution in [3.8, 4) is 17.9 Å². The Hall–Kier alpha value is -3.31. The summed E-state index contributed by atoms with van der Waals surface area (Å²) < 4.78 is 5.63. The maximum absolute atomic E-state index is 12.1. The summed E-state index contributed by atoms with van der Waals surface area (Å²) in [6, 6.07) is 21.3. The Morgan fingerprint density at radius 3 is 2.25 bits per heavy atom. The van der Waals surface area contributed by atoms with Gasteiger partial charge >= 0.3 is 0 Å². The predicted molar refractivity (Wildman–Crippen MR) is 89.0 cm³/mol. The van der Waals surface area contributed by atoms with Crippen molar-refractivity contribution < 1.29 is 9.53 Å². The van der Waals surface area contributed by atoms with Gasteiger partial charge in [0.15, 0.2) is 6.61 Å². The lowest BCUT2D eigenvalue weighted by Gasteiger charge is -2.17. The predicted octanol–water partition coefficient (Wildman–Crippen LogP) is 2.53. The van der Waals surface area contributed by atoms with Gasteiger partial charge < -0.3 is 9.64 Å². The van der Waals surface area contributed by atoms with Crippen LogP contribution in [0.1, 0.15) is 11.1 Å². The maximum atomic E-state index is 12.1. The van der Waals surface area contributed by atoms with Gasteiger partial charge in [-0.3, -0.25) is 4.79 Å². The molecule has 1 amide bonds. The molecule has 120 valence electrons. The Morgan fingerprint density at radius 2 is 1.58 bits per heavy atom. The monoisotopic (exact) mass is 319 g/mol. The van der Waals surface area contributed by atoms with Gasteiger partial charge in [-0.1, -0.05) is 48.5 Å². The fourth-order valence-electron chi connectivity index (χ4n) is 2.24. The molecule has 0 spiro atoms. The minimum atomic E-state index is -0.382. The van der Waals surface area contributed by atoms with Gasteiger partial charge in [0.1, 0.15) is 18.8 Å². The number of ether oxygens (including phenoxy) is 1. The number of amides is 1. The third kappa shape index (κ3) is 4.86. The standard InChI is InChI=1S/C19H17N3O2/c20-10-12-22(13-11-21)19(23)15-24-18-9-5-4-8-17(18)14-16-6-2-1-3-7-16/h1-9H,12-15H2. The number of nitriles is 2. The molecule has 0 N–H and O–H groups in total. The summed E-state index contributed by atoms with van der Waals surface area (Å²) in [5.74, 6) is 0.246. The van der Waals surface area contributed by atoms with Gasteiger partial charge in [-0.05, 0) is 17.2 Å². The number of carbonyl (C=O) groups is 1. The molecule has 0 heterocycles. The first-order valence-electron chi connectivity index (χ1n) is 7.51. The minimum Gasteiger partial charge on any atom is -0.483 e. The van der Waals surface area contributed by atoms with E-state index in [1.807, 2.05) is 66.7 Å².